The lowest BCUT2D eigenvalue weighted by Crippen LogP contribution is -2.36. The number of carboxylic acid groups (broad SMARTS) is 1. The Balaban J connectivity index is 2.23. The Labute approximate surface area is 107 Å². The smallest absolute Gasteiger partial charge is 0.352 e. The molecule has 8 heteroatoms. The zero-order valence-corrected chi connectivity index (χ0v) is 9.78. The number of carboxylic acids is 1. The minimum Gasteiger partial charge on any atom is -0.477 e. The fourth-order valence-electron chi connectivity index (χ4n) is 1.60. The first-order chi connectivity index (χ1) is 9.04. The van der Waals surface area contributed by atoms with Crippen LogP contribution in [0.1, 0.15) is 10.5 Å². The van der Waals surface area contributed by atoms with Gasteiger partial charge in [0, 0.05) is 12.1 Å². The van der Waals surface area contributed by atoms with Crippen LogP contribution in [0.15, 0.2) is 22.8 Å². The highest BCUT2D eigenvalue weighted by molar-refractivity contribution is 5.92. The number of hydrogen-bond donors (Lipinski definition) is 3. The van der Waals surface area contributed by atoms with Crippen molar-refractivity contribution in [1.82, 2.24) is 4.57 Å². The highest BCUT2D eigenvalue weighted by Crippen LogP contribution is 2.21. The number of esters is 1. The fraction of sp³-hybridized carbons (Fsp3) is 0.273. The highest BCUT2D eigenvalue weighted by Gasteiger charge is 2.19. The summed E-state index contributed by atoms with van der Waals surface area (Å²) in [6.07, 6.45) is 1.40. The van der Waals surface area contributed by atoms with Gasteiger partial charge in [-0.15, -0.1) is 0 Å². The molecule has 102 valence electrons. The van der Waals surface area contributed by atoms with E-state index in [2.05, 4.69) is 0 Å². The van der Waals surface area contributed by atoms with E-state index in [0.29, 0.717) is 11.1 Å². The van der Waals surface area contributed by atoms with E-state index < -0.39 is 24.6 Å². The topological polar surface area (TPSA) is 128 Å². The molecule has 0 amide bonds. The normalized spacial score (nSPS) is 12.5. The Morgan fingerprint density at radius 2 is 2.26 bits per heavy atom. The summed E-state index contributed by atoms with van der Waals surface area (Å²) in [4.78, 5) is 22.4. The maximum atomic E-state index is 11.3. The van der Waals surface area contributed by atoms with Gasteiger partial charge in [0.1, 0.15) is 11.7 Å². The number of hydrogen-bond acceptors (Lipinski definition) is 6. The first-order valence-corrected chi connectivity index (χ1v) is 5.37. The number of rotatable bonds is 5. The molecule has 4 N–H and O–H groups in total. The van der Waals surface area contributed by atoms with E-state index >= 15 is 0 Å². The molecule has 19 heavy (non-hydrogen) atoms. The molecule has 2 rings (SSSR count). The number of nitrogens with zero attached hydrogens (tertiary/aromatic N) is 1. The van der Waals surface area contributed by atoms with E-state index in [1.807, 2.05) is 0 Å². The third-order valence-electron chi connectivity index (χ3n) is 2.58. The summed E-state index contributed by atoms with van der Waals surface area (Å²) in [5.74, 6) is -1.99. The minimum atomic E-state index is -1.17. The molecule has 0 fully saturated rings. The van der Waals surface area contributed by atoms with E-state index in [4.69, 9.17) is 25.1 Å². The molecule has 0 saturated heterocycles. The summed E-state index contributed by atoms with van der Waals surface area (Å²) in [6, 6.07) is 1.74. The Morgan fingerprint density at radius 3 is 2.89 bits per heavy atom. The summed E-state index contributed by atoms with van der Waals surface area (Å²) >= 11 is 0. The maximum Gasteiger partial charge on any atom is 0.352 e. The van der Waals surface area contributed by atoms with Gasteiger partial charge in [-0.1, -0.05) is 0 Å². The van der Waals surface area contributed by atoms with Gasteiger partial charge in [0.15, 0.2) is 12.3 Å². The Morgan fingerprint density at radius 1 is 1.53 bits per heavy atom. The number of aromatic nitrogens is 1. The van der Waals surface area contributed by atoms with Gasteiger partial charge >= 0.3 is 11.9 Å². The molecule has 8 nitrogen and oxygen atoms in total. The summed E-state index contributed by atoms with van der Waals surface area (Å²) in [7, 11) is 0. The van der Waals surface area contributed by atoms with E-state index in [1.165, 1.54) is 16.9 Å². The molecule has 0 bridgehead atoms. The third-order valence-corrected chi connectivity index (χ3v) is 2.58. The van der Waals surface area contributed by atoms with Crippen LogP contribution in [0.5, 0.6) is 0 Å². The van der Waals surface area contributed by atoms with Gasteiger partial charge in [-0.05, 0) is 0 Å². The van der Waals surface area contributed by atoms with Crippen molar-refractivity contribution >= 4 is 23.0 Å². The van der Waals surface area contributed by atoms with Gasteiger partial charge in [-0.3, -0.25) is 9.36 Å². The van der Waals surface area contributed by atoms with Crippen LogP contribution >= 0.6 is 0 Å². The van der Waals surface area contributed by atoms with Crippen LogP contribution in [0.2, 0.25) is 0 Å². The molecule has 0 aliphatic heterocycles. The van der Waals surface area contributed by atoms with Crippen molar-refractivity contribution in [3.63, 3.8) is 0 Å². The molecule has 0 radical (unpaired) electrons. The molecule has 0 aliphatic rings. The van der Waals surface area contributed by atoms with Crippen LogP contribution < -0.4 is 5.73 Å². The van der Waals surface area contributed by atoms with Crippen molar-refractivity contribution in [1.29, 1.82) is 0 Å². The van der Waals surface area contributed by atoms with Crippen molar-refractivity contribution in [3.8, 4) is 0 Å². The first-order valence-electron chi connectivity index (χ1n) is 5.37. The molecular formula is C11H12N2O6. The monoisotopic (exact) mass is 268 g/mol. The van der Waals surface area contributed by atoms with E-state index in [9.17, 15) is 9.59 Å². The van der Waals surface area contributed by atoms with E-state index in [0.717, 1.165) is 0 Å². The number of aromatic carboxylic acids is 1. The van der Waals surface area contributed by atoms with Crippen LogP contribution in [0.4, 0.5) is 0 Å². The van der Waals surface area contributed by atoms with Crippen LogP contribution in [0.3, 0.4) is 0 Å². The van der Waals surface area contributed by atoms with Crippen LogP contribution in [-0.4, -0.2) is 39.4 Å². The number of ether oxygens (including phenoxy) is 1. The van der Waals surface area contributed by atoms with E-state index in [-0.39, 0.29) is 12.4 Å². The minimum absolute atomic E-state index is 0.0697. The lowest BCUT2D eigenvalue weighted by Gasteiger charge is -2.11. The molecule has 2 aromatic heterocycles. The van der Waals surface area contributed by atoms with Crippen LogP contribution in [0.25, 0.3) is 11.1 Å². The van der Waals surface area contributed by atoms with Gasteiger partial charge < -0.3 is 25.1 Å². The second-order valence-corrected chi connectivity index (χ2v) is 3.81. The molecule has 0 saturated carbocycles. The Kier molecular flexibility index (Phi) is 3.54. The lowest BCUT2D eigenvalue weighted by atomic mass is 10.3. The number of fused-ring (bicyclic) bond motifs is 1. The molecule has 2 heterocycles. The standard InChI is InChI=1S/C11H12N2O6/c12-6(4-14)11(17)19-5-13-7-1-2-18-9(7)3-8(13)10(15)16/h1-3,6,14H,4-5,12H2,(H,15,16). The molecule has 0 spiro atoms. The van der Waals surface area contributed by atoms with Crippen LogP contribution in [0, 0.1) is 0 Å². The van der Waals surface area contributed by atoms with Crippen molar-refractivity contribution in [2.24, 2.45) is 5.73 Å². The van der Waals surface area contributed by atoms with Gasteiger partial charge in [0.2, 0.25) is 0 Å². The third kappa shape index (κ3) is 2.44. The average Bonchev–Trinajstić information content (AvgIpc) is 2.95. The lowest BCUT2D eigenvalue weighted by molar-refractivity contribution is -0.149. The Hall–Kier alpha value is -2.32. The number of carbonyl (C=O) groups is 2. The predicted octanol–water partition coefficient (Wildman–Crippen LogP) is -0.247. The average molecular weight is 268 g/mol. The van der Waals surface area contributed by atoms with Gasteiger partial charge in [-0.2, -0.15) is 0 Å². The van der Waals surface area contributed by atoms with Gasteiger partial charge in [0.25, 0.3) is 0 Å². The summed E-state index contributed by atoms with van der Waals surface area (Å²) < 4.78 is 11.2. The number of aliphatic hydroxyl groups is 1. The first kappa shape index (κ1) is 13.1. The predicted molar refractivity (Wildman–Crippen MR) is 62.3 cm³/mol. The highest BCUT2D eigenvalue weighted by atomic mass is 16.5. The fourth-order valence-corrected chi connectivity index (χ4v) is 1.60. The second kappa shape index (κ2) is 5.12. The van der Waals surface area contributed by atoms with Gasteiger partial charge in [0.05, 0.1) is 18.4 Å². The number of carbonyl (C=O) groups excluding carboxylic acids is 1. The van der Waals surface area contributed by atoms with E-state index in [1.54, 1.807) is 6.07 Å². The summed E-state index contributed by atoms with van der Waals surface area (Å²) in [5.41, 5.74) is 6.07. The molecule has 2 aromatic rings. The van der Waals surface area contributed by atoms with Crippen molar-refractivity contribution in [2.75, 3.05) is 6.61 Å². The quantitative estimate of drug-likeness (QED) is 0.638. The van der Waals surface area contributed by atoms with Crippen molar-refractivity contribution in [3.05, 3.63) is 24.1 Å². The molecule has 0 aliphatic carbocycles. The Bertz CT molecular complexity index is 614. The largest absolute Gasteiger partial charge is 0.477 e. The number of furan rings is 1. The number of aliphatic hydroxyl groups excluding tert-OH is 1. The molecular weight excluding hydrogens is 256 g/mol. The summed E-state index contributed by atoms with van der Waals surface area (Å²) in [6.45, 7) is -0.866. The molecule has 1 unspecified atom stereocenters. The zero-order chi connectivity index (χ0) is 14.0. The molecule has 1 atom stereocenters. The zero-order valence-electron chi connectivity index (χ0n) is 9.78. The van der Waals surface area contributed by atoms with Crippen molar-refractivity contribution in [2.45, 2.75) is 12.8 Å². The second-order valence-electron chi connectivity index (χ2n) is 3.81. The number of nitrogens with two attached hydrogens (primary N) is 1. The van der Waals surface area contributed by atoms with Gasteiger partial charge in [-0.25, -0.2) is 4.79 Å². The van der Waals surface area contributed by atoms with Crippen molar-refractivity contribution < 1.29 is 29.0 Å². The summed E-state index contributed by atoms with van der Waals surface area (Å²) in [5, 5.41) is 17.7. The molecule has 0 aromatic carbocycles. The maximum absolute atomic E-state index is 11.3. The SMILES string of the molecule is NC(CO)C(=O)OCn1c(C(=O)O)cc2occc21. The van der Waals surface area contributed by atoms with Crippen LogP contribution in [-0.2, 0) is 16.3 Å².